The summed E-state index contributed by atoms with van der Waals surface area (Å²) in [6, 6.07) is 11.2. The number of anilines is 1. The Hall–Kier alpha value is -2.55. The highest BCUT2D eigenvalue weighted by Crippen LogP contribution is 2.28. The number of benzene rings is 1. The van der Waals surface area contributed by atoms with E-state index in [0.29, 0.717) is 11.3 Å². The maximum absolute atomic E-state index is 12.4. The molecule has 2 rings (SSSR count). The van der Waals surface area contributed by atoms with Crippen LogP contribution in [0.4, 0.5) is 18.9 Å². The predicted octanol–water partition coefficient (Wildman–Crippen LogP) is 4.15. The van der Waals surface area contributed by atoms with Gasteiger partial charge in [0.15, 0.2) is 0 Å². The molecule has 0 radical (unpaired) electrons. The summed E-state index contributed by atoms with van der Waals surface area (Å²) in [6.07, 6.45) is -3.28. The van der Waals surface area contributed by atoms with Gasteiger partial charge >= 0.3 is 6.18 Å². The Kier molecular flexibility index (Phi) is 4.13. The van der Waals surface area contributed by atoms with Crippen LogP contribution < -0.4 is 5.32 Å². The van der Waals surface area contributed by atoms with Crippen LogP contribution in [0.2, 0.25) is 0 Å². The lowest BCUT2D eigenvalue weighted by Gasteiger charge is -2.16. The zero-order valence-corrected chi connectivity index (χ0v) is 11.1. The summed E-state index contributed by atoms with van der Waals surface area (Å²) in [7, 11) is 0. The van der Waals surface area contributed by atoms with Gasteiger partial charge in [-0.15, -0.1) is 0 Å². The van der Waals surface area contributed by atoms with Crippen molar-refractivity contribution < 1.29 is 13.2 Å². The molecular formula is C15H12F3N3. The van der Waals surface area contributed by atoms with E-state index >= 15 is 0 Å². The van der Waals surface area contributed by atoms with E-state index in [4.69, 9.17) is 5.26 Å². The summed E-state index contributed by atoms with van der Waals surface area (Å²) in [5, 5.41) is 11.8. The summed E-state index contributed by atoms with van der Waals surface area (Å²) in [6.45, 7) is 1.87. The second kappa shape index (κ2) is 5.83. The highest BCUT2D eigenvalue weighted by atomic mass is 19.4. The Morgan fingerprint density at radius 2 is 1.81 bits per heavy atom. The average Bonchev–Trinajstić information content (AvgIpc) is 2.47. The largest absolute Gasteiger partial charge is 0.433 e. The molecule has 0 fully saturated rings. The number of aromatic nitrogens is 1. The van der Waals surface area contributed by atoms with Gasteiger partial charge in [0.2, 0.25) is 0 Å². The van der Waals surface area contributed by atoms with Crippen molar-refractivity contribution in [3.05, 3.63) is 59.4 Å². The molecule has 0 aliphatic heterocycles. The Balaban J connectivity index is 2.08. The lowest BCUT2D eigenvalue weighted by molar-refractivity contribution is -0.141. The smallest absolute Gasteiger partial charge is 0.377 e. The monoisotopic (exact) mass is 291 g/mol. The third kappa shape index (κ3) is 3.72. The molecule has 1 atom stereocenters. The van der Waals surface area contributed by atoms with Gasteiger partial charge in [-0.25, -0.2) is 4.98 Å². The average molecular weight is 291 g/mol. The molecule has 1 aromatic carbocycles. The van der Waals surface area contributed by atoms with Crippen LogP contribution >= 0.6 is 0 Å². The fourth-order valence-corrected chi connectivity index (χ4v) is 1.83. The second-order valence-corrected chi connectivity index (χ2v) is 4.53. The predicted molar refractivity (Wildman–Crippen MR) is 72.4 cm³/mol. The van der Waals surface area contributed by atoms with Crippen molar-refractivity contribution in [2.75, 3.05) is 5.32 Å². The molecule has 0 saturated carbocycles. The Morgan fingerprint density at radius 1 is 1.14 bits per heavy atom. The number of hydrogen-bond donors (Lipinski definition) is 1. The van der Waals surface area contributed by atoms with E-state index < -0.39 is 11.9 Å². The van der Waals surface area contributed by atoms with Crippen LogP contribution in [0.1, 0.15) is 29.8 Å². The number of alkyl halides is 3. The van der Waals surface area contributed by atoms with Gasteiger partial charge in [0.05, 0.1) is 23.5 Å². The molecule has 0 amide bonds. The molecule has 1 unspecified atom stereocenters. The van der Waals surface area contributed by atoms with E-state index in [2.05, 4.69) is 10.3 Å². The van der Waals surface area contributed by atoms with Crippen molar-refractivity contribution in [1.29, 1.82) is 5.26 Å². The van der Waals surface area contributed by atoms with Gasteiger partial charge in [-0.05, 0) is 36.8 Å². The van der Waals surface area contributed by atoms with Crippen LogP contribution in [0, 0.1) is 11.3 Å². The van der Waals surface area contributed by atoms with Crippen molar-refractivity contribution in [3.63, 3.8) is 0 Å². The van der Waals surface area contributed by atoms with E-state index in [-0.39, 0.29) is 6.04 Å². The van der Waals surface area contributed by atoms with Crippen molar-refractivity contribution in [2.45, 2.75) is 19.1 Å². The number of pyridine rings is 1. The number of halogens is 3. The van der Waals surface area contributed by atoms with Gasteiger partial charge in [-0.2, -0.15) is 18.4 Å². The Labute approximate surface area is 120 Å². The lowest BCUT2D eigenvalue weighted by Crippen LogP contribution is -2.10. The number of hydrogen-bond acceptors (Lipinski definition) is 3. The minimum atomic E-state index is -4.43. The van der Waals surface area contributed by atoms with Crippen LogP contribution in [-0.4, -0.2) is 4.98 Å². The lowest BCUT2D eigenvalue weighted by atomic mass is 10.1. The number of nitriles is 1. The molecule has 3 nitrogen and oxygen atoms in total. The second-order valence-electron chi connectivity index (χ2n) is 4.53. The van der Waals surface area contributed by atoms with E-state index in [1.807, 2.05) is 13.0 Å². The maximum atomic E-state index is 12.4. The zero-order chi connectivity index (χ0) is 15.5. The third-order valence-electron chi connectivity index (χ3n) is 2.98. The summed E-state index contributed by atoms with van der Waals surface area (Å²) >= 11 is 0. The summed E-state index contributed by atoms with van der Waals surface area (Å²) < 4.78 is 37.2. The van der Waals surface area contributed by atoms with Gasteiger partial charge in [0.1, 0.15) is 5.69 Å². The summed E-state index contributed by atoms with van der Waals surface area (Å²) in [5.74, 6) is 0. The molecule has 0 aliphatic carbocycles. The van der Waals surface area contributed by atoms with Gasteiger partial charge in [-0.3, -0.25) is 0 Å². The first-order valence-corrected chi connectivity index (χ1v) is 6.20. The molecule has 6 heteroatoms. The fourth-order valence-electron chi connectivity index (χ4n) is 1.83. The standard InChI is InChI=1S/C15H12F3N3/c1-10(12-4-2-11(8-19)3-5-12)21-13-6-7-14(20-9-13)15(16,17)18/h2-7,9-10,21H,1H3. The highest BCUT2D eigenvalue weighted by molar-refractivity contribution is 5.44. The van der Waals surface area contributed by atoms with Gasteiger partial charge in [-0.1, -0.05) is 12.1 Å². The summed E-state index contributed by atoms with van der Waals surface area (Å²) in [5.41, 5.74) is 1.06. The van der Waals surface area contributed by atoms with Gasteiger partial charge in [0.25, 0.3) is 0 Å². The molecule has 1 N–H and O–H groups in total. The SMILES string of the molecule is CC(Nc1ccc(C(F)(F)F)nc1)c1ccc(C#N)cc1. The zero-order valence-electron chi connectivity index (χ0n) is 11.1. The fraction of sp³-hybridized carbons (Fsp3) is 0.200. The van der Waals surface area contributed by atoms with Crippen molar-refractivity contribution in [1.82, 2.24) is 4.98 Å². The molecule has 0 saturated heterocycles. The molecule has 1 aromatic heterocycles. The van der Waals surface area contributed by atoms with Crippen LogP contribution in [0.5, 0.6) is 0 Å². The number of nitrogens with zero attached hydrogens (tertiary/aromatic N) is 2. The van der Waals surface area contributed by atoms with Crippen LogP contribution in [0.3, 0.4) is 0 Å². The van der Waals surface area contributed by atoms with Crippen LogP contribution in [0.25, 0.3) is 0 Å². The molecule has 21 heavy (non-hydrogen) atoms. The quantitative estimate of drug-likeness (QED) is 0.924. The first-order chi connectivity index (χ1) is 9.90. The molecule has 1 heterocycles. The normalized spacial score (nSPS) is 12.5. The first-order valence-electron chi connectivity index (χ1n) is 6.20. The maximum Gasteiger partial charge on any atom is 0.433 e. The molecule has 2 aromatic rings. The molecule has 0 aliphatic rings. The van der Waals surface area contributed by atoms with Gasteiger partial charge in [0, 0.05) is 6.04 Å². The Morgan fingerprint density at radius 3 is 2.29 bits per heavy atom. The van der Waals surface area contributed by atoms with Crippen molar-refractivity contribution in [2.24, 2.45) is 0 Å². The van der Waals surface area contributed by atoms with E-state index in [1.54, 1.807) is 24.3 Å². The number of rotatable bonds is 3. The first kappa shape index (κ1) is 14.9. The van der Waals surface area contributed by atoms with Crippen LogP contribution in [0.15, 0.2) is 42.6 Å². The van der Waals surface area contributed by atoms with Gasteiger partial charge < -0.3 is 5.32 Å². The van der Waals surface area contributed by atoms with Crippen LogP contribution in [-0.2, 0) is 6.18 Å². The molecular weight excluding hydrogens is 279 g/mol. The Bertz CT molecular complexity index is 640. The minimum absolute atomic E-state index is 0.115. The highest BCUT2D eigenvalue weighted by Gasteiger charge is 2.32. The molecule has 108 valence electrons. The van der Waals surface area contributed by atoms with E-state index in [1.165, 1.54) is 6.07 Å². The van der Waals surface area contributed by atoms with Crippen molar-refractivity contribution >= 4 is 5.69 Å². The van der Waals surface area contributed by atoms with E-state index in [9.17, 15) is 13.2 Å². The molecule has 0 spiro atoms. The third-order valence-corrected chi connectivity index (χ3v) is 2.98. The summed E-state index contributed by atoms with van der Waals surface area (Å²) in [4.78, 5) is 3.39. The van der Waals surface area contributed by atoms with Crippen molar-refractivity contribution in [3.8, 4) is 6.07 Å². The minimum Gasteiger partial charge on any atom is -0.377 e. The number of nitrogens with one attached hydrogen (secondary N) is 1. The van der Waals surface area contributed by atoms with E-state index in [0.717, 1.165) is 17.8 Å². The molecule has 0 bridgehead atoms. The topological polar surface area (TPSA) is 48.7 Å².